The van der Waals surface area contributed by atoms with Crippen LogP contribution in [0.15, 0.2) is 30.3 Å². The van der Waals surface area contributed by atoms with E-state index in [4.69, 9.17) is 11.6 Å². The third-order valence-corrected chi connectivity index (χ3v) is 7.01. The van der Waals surface area contributed by atoms with Crippen molar-refractivity contribution in [1.82, 2.24) is 20.1 Å². The number of carboxylic acid groups (broad SMARTS) is 1. The molecule has 2 aromatic heterocycles. The molecule has 1 aliphatic heterocycles. The van der Waals surface area contributed by atoms with Gasteiger partial charge < -0.3 is 10.4 Å². The Kier molecular flexibility index (Phi) is 7.10. The molecule has 1 aromatic carbocycles. The van der Waals surface area contributed by atoms with Gasteiger partial charge in [-0.3, -0.25) is 14.8 Å². The Morgan fingerprint density at radius 3 is 2.71 bits per heavy atom. The van der Waals surface area contributed by atoms with Crippen LogP contribution in [0.25, 0.3) is 0 Å². The molecular formula is C25H28ClF2N5O2. The Labute approximate surface area is 207 Å². The number of aliphatic carboxylic acids is 1. The van der Waals surface area contributed by atoms with Gasteiger partial charge in [-0.1, -0.05) is 23.7 Å². The zero-order valence-corrected chi connectivity index (χ0v) is 20.6. The van der Waals surface area contributed by atoms with E-state index in [2.05, 4.69) is 20.5 Å². The number of piperidine rings is 1. The molecule has 0 radical (unpaired) electrons. The van der Waals surface area contributed by atoms with Crippen molar-refractivity contribution in [2.75, 3.05) is 11.9 Å². The zero-order chi connectivity index (χ0) is 25.3. The average molecular weight is 504 g/mol. The highest BCUT2D eigenvalue weighted by atomic mass is 35.5. The number of carbonyl (C=O) groups is 1. The summed E-state index contributed by atoms with van der Waals surface area (Å²) in [4.78, 5) is 18.9. The predicted molar refractivity (Wildman–Crippen MR) is 130 cm³/mol. The van der Waals surface area contributed by atoms with Crippen molar-refractivity contribution in [3.05, 3.63) is 69.5 Å². The molecule has 3 N–H and O–H groups in total. The van der Waals surface area contributed by atoms with E-state index in [0.717, 1.165) is 5.69 Å². The largest absolute Gasteiger partial charge is 0.481 e. The van der Waals surface area contributed by atoms with Gasteiger partial charge in [0.2, 0.25) is 0 Å². The molecule has 1 aliphatic rings. The van der Waals surface area contributed by atoms with Gasteiger partial charge in [0.1, 0.15) is 17.5 Å². The molecule has 3 aromatic rings. The molecule has 1 saturated heterocycles. The summed E-state index contributed by atoms with van der Waals surface area (Å²) in [5, 5.41) is 20.2. The highest BCUT2D eigenvalue weighted by Gasteiger charge is 2.45. The van der Waals surface area contributed by atoms with Gasteiger partial charge in [0.15, 0.2) is 5.82 Å². The van der Waals surface area contributed by atoms with Crippen molar-refractivity contribution in [2.24, 2.45) is 5.41 Å². The number of halogens is 3. The summed E-state index contributed by atoms with van der Waals surface area (Å²) in [6, 6.07) is 8.05. The SMILES string of the molecule is Cc1cc(Nc2cc(C)c(F)c(CC3(C(=O)O)CCN(Cc4cccc(Cl)c4F)C(C)C3)n2)n[nH]1. The molecule has 0 amide bonds. The fourth-order valence-electron chi connectivity index (χ4n) is 4.77. The summed E-state index contributed by atoms with van der Waals surface area (Å²) in [5.74, 6) is -1.03. The van der Waals surface area contributed by atoms with Crippen molar-refractivity contribution in [2.45, 2.75) is 52.6 Å². The predicted octanol–water partition coefficient (Wildman–Crippen LogP) is 5.39. The van der Waals surface area contributed by atoms with Gasteiger partial charge in [0.05, 0.1) is 16.1 Å². The first kappa shape index (κ1) is 25.1. The first-order chi connectivity index (χ1) is 16.6. The Balaban J connectivity index is 1.55. The Morgan fingerprint density at radius 2 is 2.06 bits per heavy atom. The summed E-state index contributed by atoms with van der Waals surface area (Å²) in [5.41, 5.74) is 0.596. The molecule has 0 aliphatic carbocycles. The normalized spacial score (nSPS) is 20.7. The van der Waals surface area contributed by atoms with Crippen LogP contribution in [-0.4, -0.2) is 43.7 Å². The second-order valence-electron chi connectivity index (χ2n) is 9.40. The molecule has 35 heavy (non-hydrogen) atoms. The van der Waals surface area contributed by atoms with Gasteiger partial charge in [0.25, 0.3) is 0 Å². The van der Waals surface area contributed by atoms with Gasteiger partial charge in [-0.25, -0.2) is 13.8 Å². The van der Waals surface area contributed by atoms with Crippen LogP contribution in [0.2, 0.25) is 5.02 Å². The van der Waals surface area contributed by atoms with Crippen LogP contribution in [0, 0.1) is 30.9 Å². The lowest BCUT2D eigenvalue weighted by atomic mass is 9.72. The Morgan fingerprint density at radius 1 is 1.29 bits per heavy atom. The van der Waals surface area contributed by atoms with Crippen LogP contribution < -0.4 is 5.32 Å². The van der Waals surface area contributed by atoms with Gasteiger partial charge >= 0.3 is 5.97 Å². The standard InChI is InChI=1S/C25H28ClF2N5O2/c1-14-9-20(30-21-10-15(2)31-32-21)29-19(22(14)27)12-25(24(34)35)7-8-33(16(3)11-25)13-17-5-4-6-18(26)23(17)28/h4-6,9-10,16H,7-8,11-13H2,1-3H3,(H,34,35)(H2,29,30,31,32). The number of pyridine rings is 1. The number of aromatic amines is 1. The lowest BCUT2D eigenvalue weighted by Crippen LogP contribution is -2.50. The second-order valence-corrected chi connectivity index (χ2v) is 9.80. The van der Waals surface area contributed by atoms with E-state index in [1.807, 2.05) is 18.7 Å². The van der Waals surface area contributed by atoms with Gasteiger partial charge in [-0.15, -0.1) is 0 Å². The molecule has 186 valence electrons. The zero-order valence-electron chi connectivity index (χ0n) is 19.8. The molecule has 2 unspecified atom stereocenters. The van der Waals surface area contributed by atoms with E-state index < -0.39 is 23.0 Å². The third-order valence-electron chi connectivity index (χ3n) is 6.72. The maximum absolute atomic E-state index is 15.1. The second kappa shape index (κ2) is 9.91. The quantitative estimate of drug-likeness (QED) is 0.400. The van der Waals surface area contributed by atoms with E-state index in [0.29, 0.717) is 35.9 Å². The van der Waals surface area contributed by atoms with E-state index in [1.165, 1.54) is 6.07 Å². The van der Waals surface area contributed by atoms with E-state index in [-0.39, 0.29) is 36.0 Å². The number of benzene rings is 1. The van der Waals surface area contributed by atoms with Crippen molar-refractivity contribution < 1.29 is 18.7 Å². The number of hydrogen-bond acceptors (Lipinski definition) is 5. The van der Waals surface area contributed by atoms with Crippen molar-refractivity contribution in [1.29, 1.82) is 0 Å². The number of nitrogens with zero attached hydrogens (tertiary/aromatic N) is 3. The van der Waals surface area contributed by atoms with Crippen LogP contribution in [0.1, 0.15) is 42.3 Å². The van der Waals surface area contributed by atoms with Gasteiger partial charge in [0, 0.05) is 36.3 Å². The highest BCUT2D eigenvalue weighted by molar-refractivity contribution is 6.30. The van der Waals surface area contributed by atoms with Crippen LogP contribution in [0.3, 0.4) is 0 Å². The van der Waals surface area contributed by atoms with Crippen molar-refractivity contribution >= 4 is 29.2 Å². The van der Waals surface area contributed by atoms with Crippen LogP contribution in [0.4, 0.5) is 20.4 Å². The number of rotatable bonds is 7. The summed E-state index contributed by atoms with van der Waals surface area (Å²) in [6.45, 7) is 6.13. The Bertz CT molecular complexity index is 1250. The summed E-state index contributed by atoms with van der Waals surface area (Å²) in [7, 11) is 0. The molecule has 0 spiro atoms. The number of carboxylic acids is 1. The summed E-state index contributed by atoms with van der Waals surface area (Å²) in [6.07, 6.45) is 0.514. The van der Waals surface area contributed by atoms with Crippen LogP contribution in [0.5, 0.6) is 0 Å². The number of likely N-dealkylation sites (tertiary alicyclic amines) is 1. The number of aryl methyl sites for hydroxylation is 2. The average Bonchev–Trinajstić information content (AvgIpc) is 3.21. The number of aromatic nitrogens is 3. The summed E-state index contributed by atoms with van der Waals surface area (Å²) >= 11 is 5.91. The molecule has 10 heteroatoms. The van der Waals surface area contributed by atoms with E-state index >= 15 is 4.39 Å². The van der Waals surface area contributed by atoms with E-state index in [1.54, 1.807) is 31.2 Å². The number of anilines is 2. The van der Waals surface area contributed by atoms with Gasteiger partial charge in [-0.2, -0.15) is 5.10 Å². The lowest BCUT2D eigenvalue weighted by Gasteiger charge is -2.43. The maximum Gasteiger partial charge on any atom is 0.310 e. The number of H-pyrrole nitrogens is 1. The first-order valence-corrected chi connectivity index (χ1v) is 11.8. The van der Waals surface area contributed by atoms with Crippen molar-refractivity contribution in [3.8, 4) is 0 Å². The molecule has 0 saturated carbocycles. The van der Waals surface area contributed by atoms with E-state index in [9.17, 15) is 14.3 Å². The lowest BCUT2D eigenvalue weighted by molar-refractivity contribution is -0.153. The highest BCUT2D eigenvalue weighted by Crippen LogP contribution is 2.40. The molecule has 1 fully saturated rings. The molecule has 3 heterocycles. The number of hydrogen-bond donors (Lipinski definition) is 3. The first-order valence-electron chi connectivity index (χ1n) is 11.4. The van der Waals surface area contributed by atoms with Crippen LogP contribution in [-0.2, 0) is 17.8 Å². The van der Waals surface area contributed by atoms with Gasteiger partial charge in [-0.05, 0) is 57.9 Å². The fraction of sp³-hybridized carbons (Fsp3) is 0.400. The topological polar surface area (TPSA) is 94.1 Å². The minimum atomic E-state index is -1.19. The molecular weight excluding hydrogens is 476 g/mol. The Hall–Kier alpha value is -3.04. The molecule has 0 bridgehead atoms. The molecule has 4 rings (SSSR count). The monoisotopic (exact) mass is 503 g/mol. The number of nitrogens with one attached hydrogen (secondary N) is 2. The third kappa shape index (κ3) is 5.31. The maximum atomic E-state index is 15.1. The minimum Gasteiger partial charge on any atom is -0.481 e. The molecule has 2 atom stereocenters. The van der Waals surface area contributed by atoms with Crippen molar-refractivity contribution in [3.63, 3.8) is 0 Å². The van der Waals surface area contributed by atoms with Crippen LogP contribution >= 0.6 is 11.6 Å². The fourth-order valence-corrected chi connectivity index (χ4v) is 4.96. The summed E-state index contributed by atoms with van der Waals surface area (Å²) < 4.78 is 29.5. The minimum absolute atomic E-state index is 0.0478. The molecule has 7 nitrogen and oxygen atoms in total. The smallest absolute Gasteiger partial charge is 0.310 e.